The molecular weight excluding hydrogens is 352 g/mol. The van der Waals surface area contributed by atoms with Crippen molar-refractivity contribution in [2.24, 2.45) is 5.73 Å². The summed E-state index contributed by atoms with van der Waals surface area (Å²) < 4.78 is 0. The summed E-state index contributed by atoms with van der Waals surface area (Å²) in [6, 6.07) is 13.4. The van der Waals surface area contributed by atoms with Crippen LogP contribution in [0.5, 0.6) is 0 Å². The largest absolute Gasteiger partial charge is 0.384 e. The molecule has 0 atom stereocenters. The zero-order valence-corrected chi connectivity index (χ0v) is 15.1. The topological polar surface area (TPSA) is 123 Å². The van der Waals surface area contributed by atoms with Crippen LogP contribution in [0, 0.1) is 5.41 Å². The third-order valence-electron chi connectivity index (χ3n) is 4.69. The standard InChI is InChI=1S/C21H20N6O/c22-20(23)17-10-26-18-6-1-13(9-16(17)18)7-8-25-21(28)15-4-2-14(3-5-15)19-11-24-12-27-19/h1-6,9-12,26H,7-8H2,(H3,22,23)(H,24,27)(H,25,28). The minimum Gasteiger partial charge on any atom is -0.384 e. The lowest BCUT2D eigenvalue weighted by molar-refractivity contribution is 0.0954. The van der Waals surface area contributed by atoms with Gasteiger partial charge in [0.25, 0.3) is 5.91 Å². The summed E-state index contributed by atoms with van der Waals surface area (Å²) in [7, 11) is 0. The maximum atomic E-state index is 12.4. The van der Waals surface area contributed by atoms with Gasteiger partial charge in [0, 0.05) is 34.8 Å². The number of nitrogens with zero attached hydrogens (tertiary/aromatic N) is 1. The molecule has 140 valence electrons. The van der Waals surface area contributed by atoms with E-state index in [4.69, 9.17) is 11.1 Å². The van der Waals surface area contributed by atoms with Gasteiger partial charge in [0.1, 0.15) is 5.84 Å². The van der Waals surface area contributed by atoms with Gasteiger partial charge >= 0.3 is 0 Å². The third kappa shape index (κ3) is 3.50. The first kappa shape index (κ1) is 17.5. The van der Waals surface area contributed by atoms with E-state index in [0.717, 1.165) is 27.7 Å². The molecule has 0 aliphatic carbocycles. The van der Waals surface area contributed by atoms with Crippen molar-refractivity contribution in [3.05, 3.63) is 77.9 Å². The summed E-state index contributed by atoms with van der Waals surface area (Å²) in [5.74, 6) is -0.0708. The van der Waals surface area contributed by atoms with E-state index in [1.165, 1.54) is 0 Å². The summed E-state index contributed by atoms with van der Waals surface area (Å²) in [5.41, 5.74) is 10.8. The number of aromatic nitrogens is 3. The van der Waals surface area contributed by atoms with E-state index in [0.29, 0.717) is 24.1 Å². The number of imidazole rings is 1. The van der Waals surface area contributed by atoms with Gasteiger partial charge in [-0.05, 0) is 41.8 Å². The summed E-state index contributed by atoms with van der Waals surface area (Å²) in [5, 5.41) is 11.5. The molecular formula is C21H20N6O. The first-order valence-corrected chi connectivity index (χ1v) is 8.93. The van der Waals surface area contributed by atoms with Gasteiger partial charge in [-0.2, -0.15) is 0 Å². The predicted octanol–water partition coefficient (Wildman–Crippen LogP) is 2.81. The third-order valence-corrected chi connectivity index (χ3v) is 4.69. The molecule has 0 aliphatic rings. The van der Waals surface area contributed by atoms with Crippen LogP contribution in [0.25, 0.3) is 22.2 Å². The van der Waals surface area contributed by atoms with Crippen molar-refractivity contribution in [2.75, 3.05) is 6.54 Å². The fraction of sp³-hybridized carbons (Fsp3) is 0.0952. The van der Waals surface area contributed by atoms with Crippen LogP contribution >= 0.6 is 0 Å². The Morgan fingerprint density at radius 3 is 2.68 bits per heavy atom. The molecule has 28 heavy (non-hydrogen) atoms. The van der Waals surface area contributed by atoms with Gasteiger partial charge in [-0.1, -0.05) is 18.2 Å². The average molecular weight is 372 g/mol. The summed E-state index contributed by atoms with van der Waals surface area (Å²) in [6.45, 7) is 0.520. The second-order valence-electron chi connectivity index (χ2n) is 6.54. The van der Waals surface area contributed by atoms with Gasteiger partial charge in [-0.15, -0.1) is 0 Å². The molecule has 0 saturated heterocycles. The quantitative estimate of drug-likeness (QED) is 0.264. The Kier molecular flexibility index (Phi) is 4.63. The van der Waals surface area contributed by atoms with E-state index in [1.807, 2.05) is 30.3 Å². The van der Waals surface area contributed by atoms with Crippen LogP contribution in [0.15, 0.2) is 61.2 Å². The number of aromatic amines is 2. The number of nitrogens with two attached hydrogens (primary N) is 1. The SMILES string of the molecule is N=C(N)c1c[nH]c2ccc(CCNC(=O)c3ccc(-c4cnc[nH]4)cc3)cc12. The van der Waals surface area contributed by atoms with Crippen LogP contribution < -0.4 is 11.1 Å². The molecule has 4 aromatic rings. The molecule has 4 rings (SSSR count). The Morgan fingerprint density at radius 1 is 1.14 bits per heavy atom. The molecule has 7 nitrogen and oxygen atoms in total. The fourth-order valence-corrected chi connectivity index (χ4v) is 3.18. The Hall–Kier alpha value is -3.87. The monoisotopic (exact) mass is 372 g/mol. The van der Waals surface area contributed by atoms with Crippen molar-refractivity contribution in [1.82, 2.24) is 20.3 Å². The minimum absolute atomic E-state index is 0.0373. The lowest BCUT2D eigenvalue weighted by Crippen LogP contribution is -2.25. The number of rotatable bonds is 6. The van der Waals surface area contributed by atoms with Crippen molar-refractivity contribution >= 4 is 22.6 Å². The number of nitrogens with one attached hydrogen (secondary N) is 4. The van der Waals surface area contributed by atoms with Crippen LogP contribution in [-0.2, 0) is 6.42 Å². The Morgan fingerprint density at radius 2 is 1.96 bits per heavy atom. The number of H-pyrrole nitrogens is 2. The van der Waals surface area contributed by atoms with Crippen molar-refractivity contribution in [3.63, 3.8) is 0 Å². The molecule has 0 spiro atoms. The Bertz CT molecular complexity index is 1130. The van der Waals surface area contributed by atoms with Gasteiger partial charge in [-0.25, -0.2) is 4.98 Å². The zero-order valence-electron chi connectivity index (χ0n) is 15.1. The van der Waals surface area contributed by atoms with Crippen LogP contribution in [-0.4, -0.2) is 33.2 Å². The summed E-state index contributed by atoms with van der Waals surface area (Å²) in [4.78, 5) is 22.5. The molecule has 0 unspecified atom stereocenters. The molecule has 7 heteroatoms. The maximum Gasteiger partial charge on any atom is 0.251 e. The van der Waals surface area contributed by atoms with Crippen LogP contribution in [0.4, 0.5) is 0 Å². The number of benzene rings is 2. The van der Waals surface area contributed by atoms with Crippen molar-refractivity contribution in [1.29, 1.82) is 5.41 Å². The molecule has 0 aliphatic heterocycles. The molecule has 0 saturated carbocycles. The zero-order chi connectivity index (χ0) is 19.5. The van der Waals surface area contributed by atoms with Gasteiger partial charge in [0.05, 0.1) is 18.2 Å². The highest BCUT2D eigenvalue weighted by molar-refractivity contribution is 6.07. The number of hydrogen-bond donors (Lipinski definition) is 5. The van der Waals surface area contributed by atoms with Crippen LogP contribution in [0.3, 0.4) is 0 Å². The molecule has 0 fully saturated rings. The van der Waals surface area contributed by atoms with E-state index < -0.39 is 0 Å². The number of nitrogen functional groups attached to an aromatic ring is 1. The van der Waals surface area contributed by atoms with E-state index in [-0.39, 0.29) is 11.7 Å². The van der Waals surface area contributed by atoms with Gasteiger partial charge < -0.3 is 21.0 Å². The van der Waals surface area contributed by atoms with E-state index in [9.17, 15) is 4.79 Å². The highest BCUT2D eigenvalue weighted by Gasteiger charge is 2.09. The predicted molar refractivity (Wildman–Crippen MR) is 109 cm³/mol. The van der Waals surface area contributed by atoms with Gasteiger partial charge in [0.2, 0.25) is 0 Å². The maximum absolute atomic E-state index is 12.4. The van der Waals surface area contributed by atoms with E-state index >= 15 is 0 Å². The lowest BCUT2D eigenvalue weighted by atomic mass is 10.1. The van der Waals surface area contributed by atoms with Crippen molar-refractivity contribution < 1.29 is 4.79 Å². The highest BCUT2D eigenvalue weighted by atomic mass is 16.1. The van der Waals surface area contributed by atoms with Crippen molar-refractivity contribution in [3.8, 4) is 11.3 Å². The summed E-state index contributed by atoms with van der Waals surface area (Å²) >= 11 is 0. The minimum atomic E-state index is -0.108. The second kappa shape index (κ2) is 7.40. The van der Waals surface area contributed by atoms with Crippen LogP contribution in [0.2, 0.25) is 0 Å². The van der Waals surface area contributed by atoms with Gasteiger partial charge in [-0.3, -0.25) is 10.2 Å². The number of amidine groups is 1. The Balaban J connectivity index is 1.38. The fourth-order valence-electron chi connectivity index (χ4n) is 3.18. The molecule has 2 aromatic heterocycles. The number of fused-ring (bicyclic) bond motifs is 1. The molecule has 6 N–H and O–H groups in total. The average Bonchev–Trinajstić information content (AvgIpc) is 3.38. The van der Waals surface area contributed by atoms with Crippen LogP contribution in [0.1, 0.15) is 21.5 Å². The second-order valence-corrected chi connectivity index (χ2v) is 6.54. The first-order chi connectivity index (χ1) is 13.6. The Labute approximate surface area is 161 Å². The van der Waals surface area contributed by atoms with E-state index in [2.05, 4.69) is 20.3 Å². The molecule has 0 radical (unpaired) electrons. The smallest absolute Gasteiger partial charge is 0.251 e. The number of carbonyl (C=O) groups excluding carboxylic acids is 1. The highest BCUT2D eigenvalue weighted by Crippen LogP contribution is 2.20. The number of hydrogen-bond acceptors (Lipinski definition) is 3. The van der Waals surface area contributed by atoms with Gasteiger partial charge in [0.15, 0.2) is 0 Å². The number of carbonyl (C=O) groups is 1. The normalized spacial score (nSPS) is 10.9. The molecule has 2 heterocycles. The van der Waals surface area contributed by atoms with E-state index in [1.54, 1.807) is 30.9 Å². The molecule has 2 aromatic carbocycles. The number of amides is 1. The van der Waals surface area contributed by atoms with Crippen molar-refractivity contribution in [2.45, 2.75) is 6.42 Å². The molecule has 1 amide bonds. The summed E-state index contributed by atoms with van der Waals surface area (Å²) in [6.07, 6.45) is 5.80. The first-order valence-electron chi connectivity index (χ1n) is 8.93. The lowest BCUT2D eigenvalue weighted by Gasteiger charge is -2.07. The molecule has 0 bridgehead atoms.